The number of carbonyl (C=O) groups excluding carboxylic acids is 1. The molecule has 3 aromatic rings. The van der Waals surface area contributed by atoms with Crippen LogP contribution in [-0.4, -0.2) is 48.1 Å². The quantitative estimate of drug-likeness (QED) is 0.242. The number of nitrogens with one attached hydrogen (secondary N) is 4. The van der Waals surface area contributed by atoms with Crippen molar-refractivity contribution in [1.82, 2.24) is 25.6 Å². The minimum atomic E-state index is -3.47. The maximum absolute atomic E-state index is 12.6. The van der Waals surface area contributed by atoms with Crippen LogP contribution in [-0.2, 0) is 23.0 Å². The maximum atomic E-state index is 12.6. The predicted molar refractivity (Wildman–Crippen MR) is 151 cm³/mol. The van der Waals surface area contributed by atoms with Crippen molar-refractivity contribution in [3.8, 4) is 0 Å². The van der Waals surface area contributed by atoms with Crippen molar-refractivity contribution in [2.45, 2.75) is 59.0 Å². The van der Waals surface area contributed by atoms with Crippen LogP contribution in [0.25, 0.3) is 0 Å². The van der Waals surface area contributed by atoms with Gasteiger partial charge in [0.25, 0.3) is 5.91 Å². The largest absolute Gasteiger partial charge is 0.352 e. The molecule has 10 nitrogen and oxygen atoms in total. The molecule has 0 saturated heterocycles. The van der Waals surface area contributed by atoms with Crippen molar-refractivity contribution in [3.05, 3.63) is 71.2 Å². The van der Waals surface area contributed by atoms with Crippen LogP contribution in [0.2, 0.25) is 0 Å². The molecule has 11 heteroatoms. The van der Waals surface area contributed by atoms with E-state index >= 15 is 0 Å². The monoisotopic (exact) mass is 539 g/mol. The third-order valence-corrected chi connectivity index (χ3v) is 6.51. The number of pyridine rings is 1. The van der Waals surface area contributed by atoms with Gasteiger partial charge in [0.15, 0.2) is 0 Å². The number of carbonyl (C=O) groups is 1. The number of rotatable bonds is 14. The highest BCUT2D eigenvalue weighted by Crippen LogP contribution is 2.16. The Morgan fingerprint density at radius 1 is 1.05 bits per heavy atom. The second-order valence-electron chi connectivity index (χ2n) is 9.23. The van der Waals surface area contributed by atoms with Crippen LogP contribution >= 0.6 is 0 Å². The highest BCUT2D eigenvalue weighted by atomic mass is 32.2. The van der Waals surface area contributed by atoms with Crippen LogP contribution in [0.5, 0.6) is 0 Å². The Hall–Kier alpha value is -3.57. The normalized spacial score (nSPS) is 12.1. The summed E-state index contributed by atoms with van der Waals surface area (Å²) in [5, 5.41) is 9.80. The zero-order chi connectivity index (χ0) is 27.5. The van der Waals surface area contributed by atoms with Gasteiger partial charge in [0.2, 0.25) is 16.0 Å². The lowest BCUT2D eigenvalue weighted by Crippen LogP contribution is -2.34. The topological polar surface area (TPSA) is 138 Å². The van der Waals surface area contributed by atoms with E-state index in [1.165, 1.54) is 17.8 Å². The van der Waals surface area contributed by atoms with E-state index in [1.54, 1.807) is 6.07 Å². The zero-order valence-corrected chi connectivity index (χ0v) is 23.2. The molecule has 2 aromatic heterocycles. The number of anilines is 3. The van der Waals surface area contributed by atoms with Crippen LogP contribution in [0.3, 0.4) is 0 Å². The Labute approximate surface area is 225 Å². The van der Waals surface area contributed by atoms with Gasteiger partial charge in [-0.2, -0.15) is 0 Å². The molecule has 0 aliphatic rings. The van der Waals surface area contributed by atoms with Crippen molar-refractivity contribution < 1.29 is 13.2 Å². The molecule has 0 spiro atoms. The summed E-state index contributed by atoms with van der Waals surface area (Å²) in [6.45, 7) is 7.33. The van der Waals surface area contributed by atoms with Gasteiger partial charge in [-0.3, -0.25) is 9.52 Å². The molecule has 4 N–H and O–H groups in total. The number of benzene rings is 1. The number of aryl methyl sites for hydroxylation is 2. The third-order valence-electron chi connectivity index (χ3n) is 5.93. The first-order chi connectivity index (χ1) is 18.2. The highest BCUT2D eigenvalue weighted by molar-refractivity contribution is 7.92. The Morgan fingerprint density at radius 2 is 1.82 bits per heavy atom. The summed E-state index contributed by atoms with van der Waals surface area (Å²) in [4.78, 5) is 25.8. The average Bonchev–Trinajstić information content (AvgIpc) is 2.88. The van der Waals surface area contributed by atoms with Gasteiger partial charge in [0.1, 0.15) is 5.82 Å². The molecule has 0 fully saturated rings. The second kappa shape index (κ2) is 13.8. The molecule has 0 aliphatic heterocycles. The van der Waals surface area contributed by atoms with Crippen LogP contribution in [0.4, 0.5) is 17.5 Å². The smallest absolute Gasteiger partial charge is 0.251 e. The number of nitrogens with zero attached hydrogens (tertiary/aromatic N) is 3. The molecule has 0 unspecified atom stereocenters. The first-order valence-electron chi connectivity index (χ1n) is 12.8. The van der Waals surface area contributed by atoms with E-state index in [0.29, 0.717) is 24.6 Å². The molecule has 0 bridgehead atoms. The molecule has 1 amide bonds. The number of sulfonamides is 1. The van der Waals surface area contributed by atoms with Crippen molar-refractivity contribution >= 4 is 33.4 Å². The van der Waals surface area contributed by atoms with Crippen LogP contribution < -0.4 is 20.7 Å². The van der Waals surface area contributed by atoms with E-state index in [1.807, 2.05) is 37.4 Å². The standard InChI is InChI=1S/C27H37N7O3S/c1-5-7-22(13-15-29-26(35)21-12-14-28-25(16-21)34-38(4,36)37)30-18-24-20(6-2)17-31-27(33-24)32-23-10-8-19(3)9-11-23/h8-12,14,16-17,22,30H,5-7,13,15,18H2,1-4H3,(H,28,34)(H,29,35)(H,31,32,33)/t22-/m0/s1. The lowest BCUT2D eigenvalue weighted by Gasteiger charge is -2.19. The summed E-state index contributed by atoms with van der Waals surface area (Å²) in [5.41, 5.74) is 4.51. The molecule has 1 aromatic carbocycles. The summed E-state index contributed by atoms with van der Waals surface area (Å²) in [6.07, 6.45) is 7.83. The Bertz CT molecular complexity index is 1310. The highest BCUT2D eigenvalue weighted by Gasteiger charge is 2.13. The number of hydrogen-bond acceptors (Lipinski definition) is 8. The van der Waals surface area contributed by atoms with Gasteiger partial charge in [-0.15, -0.1) is 0 Å². The van der Waals surface area contributed by atoms with Crippen molar-refractivity contribution in [2.24, 2.45) is 0 Å². The molecule has 0 saturated carbocycles. The van der Waals surface area contributed by atoms with Crippen LogP contribution in [0.15, 0.2) is 48.8 Å². The summed E-state index contributed by atoms with van der Waals surface area (Å²) >= 11 is 0. The first kappa shape index (κ1) is 29.0. The fraction of sp³-hybridized carbons (Fsp3) is 0.407. The van der Waals surface area contributed by atoms with Crippen LogP contribution in [0, 0.1) is 6.92 Å². The van der Waals surface area contributed by atoms with Crippen molar-refractivity contribution in [2.75, 3.05) is 22.8 Å². The van der Waals surface area contributed by atoms with E-state index < -0.39 is 10.0 Å². The van der Waals surface area contributed by atoms with E-state index in [-0.39, 0.29) is 17.8 Å². The summed E-state index contributed by atoms with van der Waals surface area (Å²) in [7, 11) is -3.47. The van der Waals surface area contributed by atoms with Gasteiger partial charge in [0, 0.05) is 42.8 Å². The Balaban J connectivity index is 1.57. The predicted octanol–water partition coefficient (Wildman–Crippen LogP) is 3.94. The molecule has 0 aliphatic carbocycles. The maximum Gasteiger partial charge on any atom is 0.251 e. The van der Waals surface area contributed by atoms with E-state index in [2.05, 4.69) is 44.5 Å². The van der Waals surface area contributed by atoms with Gasteiger partial charge >= 0.3 is 0 Å². The molecular weight excluding hydrogens is 502 g/mol. The van der Waals surface area contributed by atoms with E-state index in [9.17, 15) is 13.2 Å². The van der Waals surface area contributed by atoms with Crippen molar-refractivity contribution in [1.29, 1.82) is 0 Å². The van der Waals surface area contributed by atoms with Crippen molar-refractivity contribution in [3.63, 3.8) is 0 Å². The van der Waals surface area contributed by atoms with Gasteiger partial charge in [-0.1, -0.05) is 38.0 Å². The Morgan fingerprint density at radius 3 is 2.50 bits per heavy atom. The molecule has 1 atom stereocenters. The molecule has 3 rings (SSSR count). The summed E-state index contributed by atoms with van der Waals surface area (Å²) < 4.78 is 25.2. The third kappa shape index (κ3) is 9.38. The first-order valence-corrected chi connectivity index (χ1v) is 14.7. The molecule has 38 heavy (non-hydrogen) atoms. The average molecular weight is 540 g/mol. The number of aromatic nitrogens is 3. The SMILES string of the molecule is CCC[C@@H](CCNC(=O)c1ccnc(NS(C)(=O)=O)c1)NCc1nc(Nc2ccc(C)cc2)ncc1CC. The zero-order valence-electron chi connectivity index (χ0n) is 22.4. The van der Waals surface area contributed by atoms with Gasteiger partial charge in [0.05, 0.1) is 11.9 Å². The van der Waals surface area contributed by atoms with Gasteiger partial charge < -0.3 is 16.0 Å². The molecule has 2 heterocycles. The lowest BCUT2D eigenvalue weighted by atomic mass is 10.1. The Kier molecular flexibility index (Phi) is 10.5. The molecular formula is C27H37N7O3S. The lowest BCUT2D eigenvalue weighted by molar-refractivity contribution is 0.0951. The van der Waals surface area contributed by atoms with Gasteiger partial charge in [-0.05, 0) is 56.0 Å². The minimum Gasteiger partial charge on any atom is -0.352 e. The van der Waals surface area contributed by atoms with Gasteiger partial charge in [-0.25, -0.2) is 23.4 Å². The fourth-order valence-electron chi connectivity index (χ4n) is 3.93. The number of amides is 1. The summed E-state index contributed by atoms with van der Waals surface area (Å²) in [6, 6.07) is 11.2. The minimum absolute atomic E-state index is 0.110. The fourth-order valence-corrected chi connectivity index (χ4v) is 4.43. The second-order valence-corrected chi connectivity index (χ2v) is 11.0. The van der Waals surface area contributed by atoms with E-state index in [0.717, 1.165) is 48.9 Å². The van der Waals surface area contributed by atoms with E-state index in [4.69, 9.17) is 4.98 Å². The molecule has 204 valence electrons. The number of hydrogen-bond donors (Lipinski definition) is 4. The van der Waals surface area contributed by atoms with Crippen LogP contribution in [0.1, 0.15) is 60.3 Å². The molecule has 0 radical (unpaired) electrons. The summed E-state index contributed by atoms with van der Waals surface area (Å²) in [5.74, 6) is 0.387.